The molecule has 3 unspecified atom stereocenters. The van der Waals surface area contributed by atoms with Crippen LogP contribution in [0.15, 0.2) is 30.3 Å². The van der Waals surface area contributed by atoms with Gasteiger partial charge in [0.25, 0.3) is 0 Å². The lowest BCUT2D eigenvalue weighted by Gasteiger charge is -2.37. The second-order valence-corrected chi connectivity index (χ2v) is 6.20. The Morgan fingerprint density at radius 3 is 3.00 bits per heavy atom. The van der Waals surface area contributed by atoms with Gasteiger partial charge in [-0.2, -0.15) is 0 Å². The number of hydrogen-bond acceptors (Lipinski definition) is 3. The quantitative estimate of drug-likeness (QED) is 0.894. The standard InChI is InChI=1S/C17H26N2O/c18-16(10-4-8-14-6-2-1-3-7-14)17-12-19-11-5-9-15(19)13-20-17/h1-3,6-7,15-17H,4-5,8-13,18H2. The summed E-state index contributed by atoms with van der Waals surface area (Å²) >= 11 is 0. The van der Waals surface area contributed by atoms with Gasteiger partial charge in [-0.15, -0.1) is 0 Å². The number of benzene rings is 1. The maximum Gasteiger partial charge on any atom is 0.0853 e. The Kier molecular flexibility index (Phi) is 4.71. The van der Waals surface area contributed by atoms with Crippen molar-refractivity contribution in [2.75, 3.05) is 19.7 Å². The zero-order valence-electron chi connectivity index (χ0n) is 12.2. The van der Waals surface area contributed by atoms with Crippen LogP contribution in [0.1, 0.15) is 31.2 Å². The fourth-order valence-electron chi connectivity index (χ4n) is 3.47. The summed E-state index contributed by atoms with van der Waals surface area (Å²) in [7, 11) is 0. The van der Waals surface area contributed by atoms with Crippen LogP contribution >= 0.6 is 0 Å². The van der Waals surface area contributed by atoms with Gasteiger partial charge < -0.3 is 10.5 Å². The van der Waals surface area contributed by atoms with Crippen LogP contribution in [0.3, 0.4) is 0 Å². The van der Waals surface area contributed by atoms with E-state index in [1.807, 2.05) is 0 Å². The van der Waals surface area contributed by atoms with E-state index < -0.39 is 0 Å². The molecule has 2 N–H and O–H groups in total. The maximum atomic E-state index is 6.34. The lowest BCUT2D eigenvalue weighted by molar-refractivity contribution is -0.0602. The van der Waals surface area contributed by atoms with Crippen LogP contribution in [0.5, 0.6) is 0 Å². The van der Waals surface area contributed by atoms with Gasteiger partial charge in [0.15, 0.2) is 0 Å². The normalized spacial score (nSPS) is 28.2. The highest BCUT2D eigenvalue weighted by Crippen LogP contribution is 2.24. The van der Waals surface area contributed by atoms with E-state index in [1.54, 1.807) is 0 Å². The van der Waals surface area contributed by atoms with E-state index in [4.69, 9.17) is 10.5 Å². The summed E-state index contributed by atoms with van der Waals surface area (Å²) in [6.45, 7) is 3.16. The number of rotatable bonds is 5. The summed E-state index contributed by atoms with van der Waals surface area (Å²) in [6, 6.07) is 11.5. The number of nitrogens with two attached hydrogens (primary N) is 1. The highest BCUT2D eigenvalue weighted by molar-refractivity contribution is 5.14. The van der Waals surface area contributed by atoms with E-state index in [1.165, 1.54) is 24.9 Å². The van der Waals surface area contributed by atoms with Crippen molar-refractivity contribution in [1.29, 1.82) is 0 Å². The molecule has 0 radical (unpaired) electrons. The summed E-state index contributed by atoms with van der Waals surface area (Å²) in [5.41, 5.74) is 7.75. The van der Waals surface area contributed by atoms with Crippen LogP contribution in [0.25, 0.3) is 0 Å². The molecule has 0 saturated carbocycles. The highest BCUT2D eigenvalue weighted by atomic mass is 16.5. The third-order valence-corrected chi connectivity index (χ3v) is 4.74. The van der Waals surface area contributed by atoms with E-state index in [0.717, 1.165) is 32.4 Å². The van der Waals surface area contributed by atoms with Crippen LogP contribution < -0.4 is 5.73 Å². The second kappa shape index (κ2) is 6.70. The monoisotopic (exact) mass is 274 g/mol. The summed E-state index contributed by atoms with van der Waals surface area (Å²) in [5.74, 6) is 0. The van der Waals surface area contributed by atoms with Crippen LogP contribution in [0.2, 0.25) is 0 Å². The zero-order chi connectivity index (χ0) is 13.8. The summed E-state index contributed by atoms with van der Waals surface area (Å²) in [6.07, 6.45) is 6.18. The minimum atomic E-state index is 0.181. The minimum absolute atomic E-state index is 0.181. The van der Waals surface area contributed by atoms with Crippen molar-refractivity contribution < 1.29 is 4.74 Å². The van der Waals surface area contributed by atoms with Crippen molar-refractivity contribution in [3.63, 3.8) is 0 Å². The van der Waals surface area contributed by atoms with Crippen molar-refractivity contribution in [3.05, 3.63) is 35.9 Å². The number of nitrogens with zero attached hydrogens (tertiary/aromatic N) is 1. The Labute approximate surface area is 122 Å². The van der Waals surface area contributed by atoms with Crippen LogP contribution in [0, 0.1) is 0 Å². The molecule has 2 fully saturated rings. The van der Waals surface area contributed by atoms with Crippen molar-refractivity contribution in [3.8, 4) is 0 Å². The van der Waals surface area contributed by atoms with Gasteiger partial charge in [0.05, 0.1) is 12.7 Å². The Morgan fingerprint density at radius 1 is 1.30 bits per heavy atom. The second-order valence-electron chi connectivity index (χ2n) is 6.20. The summed E-state index contributed by atoms with van der Waals surface area (Å²) in [4.78, 5) is 2.57. The molecule has 0 aliphatic carbocycles. The average Bonchev–Trinajstić information content (AvgIpc) is 2.95. The van der Waals surface area contributed by atoms with Gasteiger partial charge in [0.2, 0.25) is 0 Å². The molecule has 2 saturated heterocycles. The van der Waals surface area contributed by atoms with Gasteiger partial charge >= 0.3 is 0 Å². The van der Waals surface area contributed by atoms with Gasteiger partial charge in [-0.05, 0) is 44.2 Å². The number of aryl methyl sites for hydroxylation is 1. The zero-order valence-corrected chi connectivity index (χ0v) is 12.2. The van der Waals surface area contributed by atoms with E-state index in [0.29, 0.717) is 6.04 Å². The van der Waals surface area contributed by atoms with Crippen molar-refractivity contribution in [2.24, 2.45) is 5.73 Å². The maximum absolute atomic E-state index is 6.34. The van der Waals surface area contributed by atoms with Crippen LogP contribution in [-0.4, -0.2) is 42.8 Å². The first-order chi connectivity index (χ1) is 9.83. The first-order valence-corrected chi connectivity index (χ1v) is 7.98. The highest BCUT2D eigenvalue weighted by Gasteiger charge is 2.34. The Balaban J connectivity index is 1.41. The molecular weight excluding hydrogens is 248 g/mol. The predicted molar refractivity (Wildman–Crippen MR) is 81.7 cm³/mol. The van der Waals surface area contributed by atoms with Gasteiger partial charge in [0.1, 0.15) is 0 Å². The molecule has 2 heterocycles. The molecule has 1 aromatic carbocycles. The molecule has 0 amide bonds. The number of fused-ring (bicyclic) bond motifs is 1. The molecule has 3 atom stereocenters. The number of ether oxygens (including phenoxy) is 1. The number of morpholine rings is 1. The van der Waals surface area contributed by atoms with E-state index >= 15 is 0 Å². The molecule has 2 aliphatic rings. The largest absolute Gasteiger partial charge is 0.374 e. The van der Waals surface area contributed by atoms with Crippen LogP contribution in [0.4, 0.5) is 0 Å². The first-order valence-electron chi connectivity index (χ1n) is 7.98. The molecule has 0 bridgehead atoms. The molecule has 0 spiro atoms. The minimum Gasteiger partial charge on any atom is -0.374 e. The van der Waals surface area contributed by atoms with Gasteiger partial charge in [0, 0.05) is 18.6 Å². The first kappa shape index (κ1) is 14.1. The average molecular weight is 274 g/mol. The van der Waals surface area contributed by atoms with E-state index in [-0.39, 0.29) is 12.1 Å². The molecule has 3 rings (SSSR count). The third kappa shape index (κ3) is 3.40. The molecule has 3 heteroatoms. The lowest BCUT2D eigenvalue weighted by atomic mass is 10.0. The molecule has 1 aromatic rings. The SMILES string of the molecule is NC(CCCc1ccccc1)C1CN2CCCC2CO1. The molecule has 0 aromatic heterocycles. The third-order valence-electron chi connectivity index (χ3n) is 4.74. The Bertz CT molecular complexity index is 409. The van der Waals surface area contributed by atoms with E-state index in [2.05, 4.69) is 35.2 Å². The van der Waals surface area contributed by atoms with Gasteiger partial charge in [-0.25, -0.2) is 0 Å². The molecular formula is C17H26N2O. The van der Waals surface area contributed by atoms with Crippen molar-refractivity contribution in [1.82, 2.24) is 4.90 Å². The fourth-order valence-corrected chi connectivity index (χ4v) is 3.47. The smallest absolute Gasteiger partial charge is 0.0853 e. The molecule has 2 aliphatic heterocycles. The van der Waals surface area contributed by atoms with E-state index in [9.17, 15) is 0 Å². The van der Waals surface area contributed by atoms with Crippen molar-refractivity contribution >= 4 is 0 Å². The molecule has 3 nitrogen and oxygen atoms in total. The van der Waals surface area contributed by atoms with Crippen LogP contribution in [-0.2, 0) is 11.2 Å². The van der Waals surface area contributed by atoms with Gasteiger partial charge in [-0.1, -0.05) is 30.3 Å². The number of hydrogen-bond donors (Lipinski definition) is 1. The Hall–Kier alpha value is -0.900. The van der Waals surface area contributed by atoms with Gasteiger partial charge in [-0.3, -0.25) is 4.90 Å². The Morgan fingerprint density at radius 2 is 2.15 bits per heavy atom. The predicted octanol–water partition coefficient (Wildman–Crippen LogP) is 2.20. The fraction of sp³-hybridized carbons (Fsp3) is 0.647. The molecule has 110 valence electrons. The summed E-state index contributed by atoms with van der Waals surface area (Å²) < 4.78 is 5.99. The lowest BCUT2D eigenvalue weighted by Crippen LogP contribution is -2.52. The topological polar surface area (TPSA) is 38.5 Å². The molecule has 20 heavy (non-hydrogen) atoms. The summed E-state index contributed by atoms with van der Waals surface area (Å²) in [5, 5.41) is 0. The van der Waals surface area contributed by atoms with Crippen molar-refractivity contribution in [2.45, 2.75) is 50.3 Å².